The maximum absolute atomic E-state index is 12.4. The van der Waals surface area contributed by atoms with Crippen molar-refractivity contribution in [1.29, 1.82) is 0 Å². The van der Waals surface area contributed by atoms with Crippen LogP contribution in [-0.4, -0.2) is 0 Å². The summed E-state index contributed by atoms with van der Waals surface area (Å²) in [5.41, 5.74) is 1.47. The number of allylic oxidation sites excluding steroid dienone is 1. The van der Waals surface area contributed by atoms with Gasteiger partial charge in [-0.25, -0.2) is 0 Å². The summed E-state index contributed by atoms with van der Waals surface area (Å²) in [7, 11) is 0. The van der Waals surface area contributed by atoms with Crippen LogP contribution < -0.4 is 5.43 Å². The minimum absolute atomic E-state index is 0.0741. The lowest BCUT2D eigenvalue weighted by Crippen LogP contribution is -2.14. The van der Waals surface area contributed by atoms with Gasteiger partial charge >= 0.3 is 0 Å². The van der Waals surface area contributed by atoms with Gasteiger partial charge in [0, 0.05) is 10.0 Å². The molecule has 0 atom stereocenters. The Hall–Kier alpha value is -0.870. The van der Waals surface area contributed by atoms with Crippen LogP contribution in [0.1, 0.15) is 17.7 Å². The summed E-state index contributed by atoms with van der Waals surface area (Å²) in [5, 5.41) is 0.637. The Morgan fingerprint density at radius 2 is 2.00 bits per heavy atom. The fraction of sp³-hybridized carbons (Fsp3) is 0.154. The maximum atomic E-state index is 12.4. The molecule has 2 aromatic rings. The molecular weight excluding hydrogens is 348 g/mol. The zero-order valence-corrected chi connectivity index (χ0v) is 12.0. The van der Waals surface area contributed by atoms with Gasteiger partial charge in [0.25, 0.3) is 0 Å². The predicted octanol–water partition coefficient (Wildman–Crippen LogP) is 4.24. The number of rotatable bonds is 0. The molecule has 0 saturated heterocycles. The largest absolute Gasteiger partial charge is 0.456 e. The second kappa shape index (κ2) is 4.10. The van der Waals surface area contributed by atoms with Crippen LogP contribution in [0.3, 0.4) is 0 Å². The van der Waals surface area contributed by atoms with Gasteiger partial charge in [0.15, 0.2) is 5.43 Å². The number of hydrogen-bond donors (Lipinski definition) is 0. The molecular formula is C13H8Br2O2. The number of fused-ring (bicyclic) bond motifs is 2. The van der Waals surface area contributed by atoms with Crippen molar-refractivity contribution < 1.29 is 4.42 Å². The number of hydrogen-bond acceptors (Lipinski definition) is 2. The molecule has 4 heteroatoms. The smallest absolute Gasteiger partial charge is 0.197 e. The van der Waals surface area contributed by atoms with E-state index in [1.807, 2.05) is 24.3 Å². The summed E-state index contributed by atoms with van der Waals surface area (Å²) in [4.78, 5) is 12.4. The van der Waals surface area contributed by atoms with E-state index in [9.17, 15) is 4.79 Å². The van der Waals surface area contributed by atoms with E-state index in [-0.39, 0.29) is 5.43 Å². The molecule has 1 aromatic carbocycles. The fourth-order valence-electron chi connectivity index (χ4n) is 2.06. The van der Waals surface area contributed by atoms with Gasteiger partial charge in [-0.15, -0.1) is 0 Å². The Morgan fingerprint density at radius 3 is 2.82 bits per heavy atom. The highest BCUT2D eigenvalue weighted by molar-refractivity contribution is 9.11. The zero-order valence-electron chi connectivity index (χ0n) is 8.80. The van der Waals surface area contributed by atoms with Crippen LogP contribution in [0.4, 0.5) is 0 Å². The molecule has 2 nitrogen and oxygen atoms in total. The monoisotopic (exact) mass is 354 g/mol. The Morgan fingerprint density at radius 1 is 1.18 bits per heavy atom. The molecule has 17 heavy (non-hydrogen) atoms. The van der Waals surface area contributed by atoms with Crippen molar-refractivity contribution in [3.63, 3.8) is 0 Å². The molecule has 0 fully saturated rings. The van der Waals surface area contributed by atoms with E-state index in [1.54, 1.807) is 0 Å². The molecule has 1 aliphatic carbocycles. The SMILES string of the molecule is O=c1c2c(oc3cccc(Br)c13)C=C(Br)CC2. The van der Waals surface area contributed by atoms with Crippen LogP contribution in [0.2, 0.25) is 0 Å². The van der Waals surface area contributed by atoms with Crippen LogP contribution >= 0.6 is 31.9 Å². The van der Waals surface area contributed by atoms with Gasteiger partial charge in [-0.2, -0.15) is 0 Å². The van der Waals surface area contributed by atoms with E-state index < -0.39 is 0 Å². The summed E-state index contributed by atoms with van der Waals surface area (Å²) < 4.78 is 7.64. The maximum Gasteiger partial charge on any atom is 0.197 e. The Balaban J connectivity index is 2.46. The Labute approximate surface area is 115 Å². The quantitative estimate of drug-likeness (QED) is 0.707. The summed E-state index contributed by atoms with van der Waals surface area (Å²) in [6.07, 6.45) is 3.47. The second-order valence-corrected chi connectivity index (χ2v) is 5.85. The van der Waals surface area contributed by atoms with E-state index in [2.05, 4.69) is 31.9 Å². The van der Waals surface area contributed by atoms with Crippen molar-refractivity contribution in [2.24, 2.45) is 0 Å². The summed E-state index contributed by atoms with van der Waals surface area (Å²) in [6, 6.07) is 5.54. The van der Waals surface area contributed by atoms with Crippen LogP contribution in [0.5, 0.6) is 0 Å². The molecule has 0 unspecified atom stereocenters. The van der Waals surface area contributed by atoms with Gasteiger partial charge in [0.1, 0.15) is 11.3 Å². The van der Waals surface area contributed by atoms with Crippen LogP contribution in [0.15, 0.2) is 36.4 Å². The van der Waals surface area contributed by atoms with Gasteiger partial charge in [-0.1, -0.05) is 22.0 Å². The third kappa shape index (κ3) is 1.79. The number of halogens is 2. The molecule has 0 aliphatic heterocycles. The minimum Gasteiger partial charge on any atom is -0.456 e. The molecule has 0 bridgehead atoms. The molecule has 0 radical (unpaired) electrons. The van der Waals surface area contributed by atoms with Crippen molar-refractivity contribution in [2.75, 3.05) is 0 Å². The van der Waals surface area contributed by atoms with E-state index in [4.69, 9.17) is 4.42 Å². The zero-order chi connectivity index (χ0) is 12.0. The van der Waals surface area contributed by atoms with E-state index >= 15 is 0 Å². The standard InChI is InChI=1S/C13H8Br2O2/c14-7-4-5-8-11(6-7)17-10-3-1-2-9(15)12(10)13(8)16/h1-3,6H,4-5H2. The van der Waals surface area contributed by atoms with Gasteiger partial charge in [0.2, 0.25) is 0 Å². The van der Waals surface area contributed by atoms with E-state index in [1.165, 1.54) is 0 Å². The number of benzene rings is 1. The lowest BCUT2D eigenvalue weighted by atomic mass is 10.0. The lowest BCUT2D eigenvalue weighted by molar-refractivity contribution is 0.576. The highest BCUT2D eigenvalue weighted by Gasteiger charge is 2.18. The topological polar surface area (TPSA) is 30.2 Å². The average molecular weight is 356 g/mol. The molecule has 1 heterocycles. The minimum atomic E-state index is 0.0741. The lowest BCUT2D eigenvalue weighted by Gasteiger charge is -2.12. The van der Waals surface area contributed by atoms with Gasteiger partial charge in [-0.3, -0.25) is 4.79 Å². The second-order valence-electron chi connectivity index (χ2n) is 3.98. The molecule has 0 saturated carbocycles. The van der Waals surface area contributed by atoms with Crippen molar-refractivity contribution in [3.8, 4) is 0 Å². The van der Waals surface area contributed by atoms with Gasteiger partial charge < -0.3 is 4.42 Å². The van der Waals surface area contributed by atoms with Crippen LogP contribution in [-0.2, 0) is 6.42 Å². The van der Waals surface area contributed by atoms with Crippen molar-refractivity contribution in [1.82, 2.24) is 0 Å². The van der Waals surface area contributed by atoms with Crippen LogP contribution in [0, 0.1) is 0 Å². The molecule has 0 N–H and O–H groups in total. The van der Waals surface area contributed by atoms with Crippen molar-refractivity contribution in [3.05, 3.63) is 48.7 Å². The molecule has 1 aromatic heterocycles. The predicted molar refractivity (Wildman–Crippen MR) is 75.4 cm³/mol. The van der Waals surface area contributed by atoms with Gasteiger partial charge in [-0.05, 0) is 51.5 Å². The molecule has 3 rings (SSSR count). The normalized spacial score (nSPS) is 14.6. The highest BCUT2D eigenvalue weighted by atomic mass is 79.9. The average Bonchev–Trinajstić information content (AvgIpc) is 2.28. The summed E-state index contributed by atoms with van der Waals surface area (Å²) in [5.74, 6) is 0.679. The third-order valence-electron chi connectivity index (χ3n) is 2.90. The van der Waals surface area contributed by atoms with E-state index in [0.717, 1.165) is 27.4 Å². The molecule has 0 spiro atoms. The first-order chi connectivity index (χ1) is 8.16. The van der Waals surface area contributed by atoms with E-state index in [0.29, 0.717) is 16.7 Å². The Bertz CT molecular complexity index is 698. The molecule has 1 aliphatic rings. The third-order valence-corrected chi connectivity index (χ3v) is 4.18. The first-order valence-corrected chi connectivity index (χ1v) is 6.85. The van der Waals surface area contributed by atoms with Crippen molar-refractivity contribution >= 4 is 48.9 Å². The van der Waals surface area contributed by atoms with Crippen LogP contribution in [0.25, 0.3) is 17.0 Å². The highest BCUT2D eigenvalue weighted by Crippen LogP contribution is 2.29. The first-order valence-electron chi connectivity index (χ1n) is 5.27. The Kier molecular flexibility index (Phi) is 2.71. The molecule has 0 amide bonds. The first kappa shape index (κ1) is 11.2. The van der Waals surface area contributed by atoms with Crippen molar-refractivity contribution in [2.45, 2.75) is 12.8 Å². The van der Waals surface area contributed by atoms with Gasteiger partial charge in [0.05, 0.1) is 5.39 Å². The molecule has 86 valence electrons. The fourth-order valence-corrected chi connectivity index (χ4v) is 3.00. The summed E-state index contributed by atoms with van der Waals surface area (Å²) >= 11 is 6.85. The summed E-state index contributed by atoms with van der Waals surface area (Å²) in [6.45, 7) is 0.